The van der Waals surface area contributed by atoms with Crippen LogP contribution in [0.25, 0.3) is 11.1 Å². The molecule has 3 aromatic rings. The van der Waals surface area contributed by atoms with E-state index in [1.54, 1.807) is 0 Å². The Morgan fingerprint density at radius 3 is 2.63 bits per heavy atom. The highest BCUT2D eigenvalue weighted by molar-refractivity contribution is 6.31. The predicted molar refractivity (Wildman–Crippen MR) is 73.1 cm³/mol. The number of fused-ring (bicyclic) bond motifs is 1. The number of rotatable bonds is 2. The van der Waals surface area contributed by atoms with Gasteiger partial charge in [0, 0.05) is 6.07 Å². The van der Waals surface area contributed by atoms with Gasteiger partial charge in [0.1, 0.15) is 16.7 Å². The van der Waals surface area contributed by atoms with Crippen molar-refractivity contribution in [1.29, 1.82) is 0 Å². The van der Waals surface area contributed by atoms with Crippen molar-refractivity contribution in [1.82, 2.24) is 4.98 Å². The minimum absolute atomic E-state index is 0.0122. The predicted octanol–water partition coefficient (Wildman–Crippen LogP) is 4.95. The number of halogens is 3. The Labute approximate surface area is 118 Å². The molecule has 19 heavy (non-hydrogen) atoms. The van der Waals surface area contributed by atoms with Crippen LogP contribution in [0.15, 0.2) is 46.9 Å². The average Bonchev–Trinajstić information content (AvgIpc) is 2.82. The van der Waals surface area contributed by atoms with Crippen LogP contribution >= 0.6 is 23.2 Å². The third-order valence-corrected chi connectivity index (χ3v) is 3.48. The standard InChI is InChI=1S/C14H8Cl2FNO/c15-9-6-11-12(7-10(9)17)19-14(18-11)13(16)8-4-2-1-3-5-8/h1-7,13H. The minimum Gasteiger partial charge on any atom is -0.439 e. The summed E-state index contributed by atoms with van der Waals surface area (Å²) in [7, 11) is 0. The zero-order valence-corrected chi connectivity index (χ0v) is 11.1. The monoisotopic (exact) mass is 295 g/mol. The Hall–Kier alpha value is -1.58. The van der Waals surface area contributed by atoms with Crippen molar-refractivity contribution in [3.63, 3.8) is 0 Å². The topological polar surface area (TPSA) is 26.0 Å². The van der Waals surface area contributed by atoms with E-state index < -0.39 is 11.2 Å². The molecule has 0 fully saturated rings. The maximum Gasteiger partial charge on any atom is 0.218 e. The van der Waals surface area contributed by atoms with Gasteiger partial charge in [-0.2, -0.15) is 0 Å². The molecule has 0 aliphatic rings. The van der Waals surface area contributed by atoms with Gasteiger partial charge in [-0.25, -0.2) is 9.37 Å². The summed E-state index contributed by atoms with van der Waals surface area (Å²) in [6, 6.07) is 12.0. The van der Waals surface area contributed by atoms with Gasteiger partial charge in [0.2, 0.25) is 5.89 Å². The first-order chi connectivity index (χ1) is 9.15. The summed E-state index contributed by atoms with van der Waals surface area (Å²) in [5.41, 5.74) is 1.68. The largest absolute Gasteiger partial charge is 0.439 e. The van der Waals surface area contributed by atoms with Crippen LogP contribution in [0.2, 0.25) is 5.02 Å². The highest BCUT2D eigenvalue weighted by Gasteiger charge is 2.18. The number of benzene rings is 2. The summed E-state index contributed by atoms with van der Waals surface area (Å²) >= 11 is 12.0. The summed E-state index contributed by atoms with van der Waals surface area (Å²) in [6.07, 6.45) is 0. The molecule has 3 rings (SSSR count). The lowest BCUT2D eigenvalue weighted by atomic mass is 10.1. The van der Waals surface area contributed by atoms with Crippen LogP contribution < -0.4 is 0 Å². The van der Waals surface area contributed by atoms with E-state index in [4.69, 9.17) is 27.6 Å². The van der Waals surface area contributed by atoms with E-state index in [9.17, 15) is 4.39 Å². The van der Waals surface area contributed by atoms with Gasteiger partial charge in [-0.05, 0) is 11.6 Å². The molecule has 5 heteroatoms. The molecule has 0 N–H and O–H groups in total. The first-order valence-electron chi connectivity index (χ1n) is 5.59. The van der Waals surface area contributed by atoms with Gasteiger partial charge in [0.05, 0.1) is 5.02 Å². The number of alkyl halides is 1. The number of aromatic nitrogens is 1. The quantitative estimate of drug-likeness (QED) is 0.625. The summed E-state index contributed by atoms with van der Waals surface area (Å²) in [6.45, 7) is 0. The summed E-state index contributed by atoms with van der Waals surface area (Å²) in [5, 5.41) is -0.506. The van der Waals surface area contributed by atoms with E-state index in [0.29, 0.717) is 17.0 Å². The van der Waals surface area contributed by atoms with Crippen LogP contribution in [0.4, 0.5) is 4.39 Å². The second-order valence-electron chi connectivity index (χ2n) is 4.06. The number of nitrogens with zero attached hydrogens (tertiary/aromatic N) is 1. The fourth-order valence-electron chi connectivity index (χ4n) is 1.81. The van der Waals surface area contributed by atoms with Gasteiger partial charge >= 0.3 is 0 Å². The molecule has 1 atom stereocenters. The van der Waals surface area contributed by atoms with Crippen molar-refractivity contribution < 1.29 is 8.81 Å². The SMILES string of the molecule is Fc1cc2oc(C(Cl)c3ccccc3)nc2cc1Cl. The second-order valence-corrected chi connectivity index (χ2v) is 4.90. The Morgan fingerprint density at radius 1 is 1.16 bits per heavy atom. The molecule has 0 saturated carbocycles. The lowest BCUT2D eigenvalue weighted by Gasteiger charge is -2.04. The van der Waals surface area contributed by atoms with Crippen LogP contribution in [-0.4, -0.2) is 4.98 Å². The molecule has 1 aromatic heterocycles. The molecule has 0 spiro atoms. The summed E-state index contributed by atoms with van der Waals surface area (Å²) < 4.78 is 18.8. The molecule has 0 amide bonds. The molecule has 0 aliphatic carbocycles. The van der Waals surface area contributed by atoms with E-state index in [1.165, 1.54) is 12.1 Å². The van der Waals surface area contributed by atoms with Crippen molar-refractivity contribution in [2.75, 3.05) is 0 Å². The van der Waals surface area contributed by atoms with E-state index in [-0.39, 0.29) is 5.02 Å². The van der Waals surface area contributed by atoms with Gasteiger partial charge in [0.15, 0.2) is 5.58 Å². The Kier molecular flexibility index (Phi) is 3.17. The second kappa shape index (κ2) is 4.83. The molecule has 2 nitrogen and oxygen atoms in total. The minimum atomic E-state index is -0.539. The lowest BCUT2D eigenvalue weighted by molar-refractivity contribution is 0.535. The average molecular weight is 296 g/mol. The van der Waals surface area contributed by atoms with Gasteiger partial charge in [-0.1, -0.05) is 41.9 Å². The van der Waals surface area contributed by atoms with Crippen LogP contribution in [0, 0.1) is 5.82 Å². The third kappa shape index (κ3) is 2.31. The molecule has 2 aromatic carbocycles. The van der Waals surface area contributed by atoms with E-state index in [0.717, 1.165) is 5.56 Å². The molecule has 0 saturated heterocycles. The highest BCUT2D eigenvalue weighted by Crippen LogP contribution is 2.31. The Bertz CT molecular complexity index is 688. The van der Waals surface area contributed by atoms with Crippen LogP contribution in [-0.2, 0) is 0 Å². The fraction of sp³-hybridized carbons (Fsp3) is 0.0714. The zero-order valence-electron chi connectivity index (χ0n) is 9.61. The Balaban J connectivity index is 2.06. The van der Waals surface area contributed by atoms with Crippen molar-refractivity contribution in [3.8, 4) is 0 Å². The van der Waals surface area contributed by atoms with E-state index in [2.05, 4.69) is 4.98 Å². The zero-order chi connectivity index (χ0) is 13.4. The van der Waals surface area contributed by atoms with Crippen molar-refractivity contribution in [2.45, 2.75) is 5.38 Å². The van der Waals surface area contributed by atoms with Crippen molar-refractivity contribution >= 4 is 34.3 Å². The van der Waals surface area contributed by atoms with Crippen LogP contribution in [0.5, 0.6) is 0 Å². The number of oxazole rings is 1. The van der Waals surface area contributed by atoms with Crippen LogP contribution in [0.3, 0.4) is 0 Å². The van der Waals surface area contributed by atoms with Crippen molar-refractivity contribution in [3.05, 3.63) is 64.8 Å². The first-order valence-corrected chi connectivity index (χ1v) is 6.41. The van der Waals surface area contributed by atoms with Gasteiger partial charge in [0.25, 0.3) is 0 Å². The molecule has 1 heterocycles. The van der Waals surface area contributed by atoms with Crippen molar-refractivity contribution in [2.24, 2.45) is 0 Å². The number of hydrogen-bond donors (Lipinski definition) is 0. The lowest BCUT2D eigenvalue weighted by Crippen LogP contribution is -1.92. The summed E-state index contributed by atoms with van der Waals surface area (Å²) in [5.74, 6) is -0.216. The van der Waals surface area contributed by atoms with E-state index in [1.807, 2.05) is 30.3 Å². The van der Waals surface area contributed by atoms with Gasteiger partial charge in [-0.15, -0.1) is 11.6 Å². The van der Waals surface area contributed by atoms with Crippen LogP contribution in [0.1, 0.15) is 16.8 Å². The van der Waals surface area contributed by atoms with E-state index >= 15 is 0 Å². The molecular formula is C14H8Cl2FNO. The smallest absolute Gasteiger partial charge is 0.218 e. The number of hydrogen-bond acceptors (Lipinski definition) is 2. The molecule has 0 radical (unpaired) electrons. The fourth-order valence-corrected chi connectivity index (χ4v) is 2.21. The first kappa shape index (κ1) is 12.5. The molecule has 1 unspecified atom stereocenters. The molecule has 0 aliphatic heterocycles. The van der Waals surface area contributed by atoms with Gasteiger partial charge in [-0.3, -0.25) is 0 Å². The third-order valence-electron chi connectivity index (χ3n) is 2.76. The molecular weight excluding hydrogens is 288 g/mol. The maximum atomic E-state index is 13.3. The maximum absolute atomic E-state index is 13.3. The Morgan fingerprint density at radius 2 is 1.89 bits per heavy atom. The molecule has 96 valence electrons. The summed E-state index contributed by atoms with van der Waals surface area (Å²) in [4.78, 5) is 4.24. The molecule has 0 bridgehead atoms. The highest BCUT2D eigenvalue weighted by atomic mass is 35.5. The normalized spacial score (nSPS) is 12.8. The van der Waals surface area contributed by atoms with Gasteiger partial charge < -0.3 is 4.42 Å².